The average Bonchev–Trinajstić information content (AvgIpc) is 2.88. The summed E-state index contributed by atoms with van der Waals surface area (Å²) in [5.41, 5.74) is 7.58. The summed E-state index contributed by atoms with van der Waals surface area (Å²) in [5, 5.41) is 26.8. The van der Waals surface area contributed by atoms with E-state index in [-0.39, 0.29) is 40.1 Å². The van der Waals surface area contributed by atoms with Gasteiger partial charge in [0.15, 0.2) is 0 Å². The number of nitrogen functional groups attached to an aromatic ring is 1. The van der Waals surface area contributed by atoms with Crippen molar-refractivity contribution in [1.29, 1.82) is 0 Å². The van der Waals surface area contributed by atoms with Crippen LogP contribution in [0.15, 0.2) is 52.1 Å². The predicted octanol–water partition coefficient (Wildman–Crippen LogP) is 3.22. The molecule has 1 atom stereocenters. The van der Waals surface area contributed by atoms with Gasteiger partial charge in [0, 0.05) is 23.9 Å². The number of nitrogens with one attached hydrogen (secondary N) is 1. The Labute approximate surface area is 213 Å². The number of hydrogen-bond donors (Lipinski definition) is 4. The minimum absolute atomic E-state index is 0.0853. The van der Waals surface area contributed by atoms with Crippen LogP contribution in [0, 0.1) is 19.7 Å². The fourth-order valence-electron chi connectivity index (χ4n) is 4.04. The molecule has 2 aromatic heterocycles. The van der Waals surface area contributed by atoms with E-state index in [4.69, 9.17) is 5.73 Å². The zero-order valence-corrected chi connectivity index (χ0v) is 21.5. The van der Waals surface area contributed by atoms with Crippen molar-refractivity contribution in [3.8, 4) is 11.3 Å². The number of nitrogens with two attached hydrogens (primary N) is 1. The first-order chi connectivity index (χ1) is 17.6. The molecule has 0 aliphatic carbocycles. The Morgan fingerprint density at radius 1 is 1.11 bits per heavy atom. The molecule has 0 spiro atoms. The summed E-state index contributed by atoms with van der Waals surface area (Å²) in [6, 6.07) is 11.4. The Balaban J connectivity index is 0.00000186. The lowest BCUT2D eigenvalue weighted by atomic mass is 10.0. The summed E-state index contributed by atoms with van der Waals surface area (Å²) >= 11 is 0. The molecule has 10 heteroatoms. The maximum absolute atomic E-state index is 14.7. The molecule has 1 unspecified atom stereocenters. The van der Waals surface area contributed by atoms with Gasteiger partial charge in [0.05, 0.1) is 41.5 Å². The number of benzene rings is 2. The molecule has 9 nitrogen and oxygen atoms in total. The maximum atomic E-state index is 14.7. The molecule has 4 rings (SSSR count). The van der Waals surface area contributed by atoms with Crippen LogP contribution in [0.1, 0.15) is 25.0 Å². The van der Waals surface area contributed by atoms with Gasteiger partial charge in [0.1, 0.15) is 11.5 Å². The fourth-order valence-corrected chi connectivity index (χ4v) is 4.04. The molecule has 2 heterocycles. The molecule has 0 bridgehead atoms. The zero-order chi connectivity index (χ0) is 27.4. The monoisotopic (exact) mass is 509 g/mol. The Hall–Kier alpha value is -4.02. The molecular weight excluding hydrogens is 477 g/mol. The van der Waals surface area contributed by atoms with E-state index in [1.165, 1.54) is 23.7 Å². The number of rotatable bonds is 6. The first-order valence-corrected chi connectivity index (χ1v) is 11.9. The average molecular weight is 510 g/mol. The summed E-state index contributed by atoms with van der Waals surface area (Å²) in [4.78, 5) is 26.8. The lowest BCUT2D eigenvalue weighted by molar-refractivity contribution is 0.0772. The molecule has 0 saturated heterocycles. The van der Waals surface area contributed by atoms with E-state index in [9.17, 15) is 24.2 Å². The van der Waals surface area contributed by atoms with Gasteiger partial charge in [-0.05, 0) is 43.7 Å². The number of nitrogens with zero attached hydrogens (tertiary/aromatic N) is 3. The van der Waals surface area contributed by atoms with Gasteiger partial charge in [-0.15, -0.1) is 0 Å². The van der Waals surface area contributed by atoms with Crippen molar-refractivity contribution in [1.82, 2.24) is 14.3 Å². The van der Waals surface area contributed by atoms with Gasteiger partial charge in [-0.2, -0.15) is 5.10 Å². The summed E-state index contributed by atoms with van der Waals surface area (Å²) in [6.07, 6.45) is -1.24. The molecule has 0 fully saturated rings. The highest BCUT2D eigenvalue weighted by molar-refractivity contribution is 6.00. The van der Waals surface area contributed by atoms with E-state index in [1.54, 1.807) is 44.2 Å². The van der Waals surface area contributed by atoms with E-state index < -0.39 is 29.6 Å². The quantitative estimate of drug-likeness (QED) is 0.293. The first-order valence-electron chi connectivity index (χ1n) is 11.9. The molecule has 5 N–H and O–H groups in total. The Bertz CT molecular complexity index is 1560. The molecule has 4 aromatic rings. The number of aliphatic hydroxyl groups is 2. The van der Waals surface area contributed by atoms with Crippen LogP contribution in [0.25, 0.3) is 22.2 Å². The number of anilines is 3. The Morgan fingerprint density at radius 2 is 1.81 bits per heavy atom. The second kappa shape index (κ2) is 11.4. The first kappa shape index (κ1) is 27.6. The van der Waals surface area contributed by atoms with Gasteiger partial charge in [-0.1, -0.05) is 32.0 Å². The van der Waals surface area contributed by atoms with Gasteiger partial charge < -0.3 is 25.8 Å². The third kappa shape index (κ3) is 5.40. The highest BCUT2D eigenvalue weighted by Gasteiger charge is 2.23. The molecular formula is C27H32FN5O4. The number of fused-ring (bicyclic) bond motifs is 1. The van der Waals surface area contributed by atoms with Crippen LogP contribution in [0.2, 0.25) is 0 Å². The summed E-state index contributed by atoms with van der Waals surface area (Å²) in [6.45, 7) is 6.43. The topological polar surface area (TPSA) is 135 Å². The second-order valence-electron chi connectivity index (χ2n) is 8.49. The van der Waals surface area contributed by atoms with Crippen LogP contribution in [0.3, 0.4) is 0 Å². The summed E-state index contributed by atoms with van der Waals surface area (Å²) in [7, 11) is 1.53. The molecule has 0 aliphatic heterocycles. The van der Waals surface area contributed by atoms with Crippen LogP contribution < -0.4 is 22.2 Å². The maximum Gasteiger partial charge on any atom is 0.278 e. The van der Waals surface area contributed by atoms with Crippen molar-refractivity contribution in [2.24, 2.45) is 7.05 Å². The van der Waals surface area contributed by atoms with Crippen molar-refractivity contribution >= 4 is 28.0 Å². The molecule has 0 amide bonds. The Kier molecular flexibility index (Phi) is 8.46. The number of halogens is 1. The van der Waals surface area contributed by atoms with Crippen LogP contribution >= 0.6 is 0 Å². The van der Waals surface area contributed by atoms with Gasteiger partial charge in [-0.25, -0.2) is 9.07 Å². The molecule has 0 radical (unpaired) electrons. The van der Waals surface area contributed by atoms with E-state index in [1.807, 2.05) is 13.8 Å². The molecule has 37 heavy (non-hydrogen) atoms. The normalized spacial score (nSPS) is 11.7. The van der Waals surface area contributed by atoms with Gasteiger partial charge >= 0.3 is 0 Å². The predicted molar refractivity (Wildman–Crippen MR) is 145 cm³/mol. The number of hydrogen-bond acceptors (Lipinski definition) is 7. The third-order valence-corrected chi connectivity index (χ3v) is 5.85. The lowest BCUT2D eigenvalue weighted by Gasteiger charge is -2.20. The smallest absolute Gasteiger partial charge is 0.278 e. The molecule has 0 saturated carbocycles. The summed E-state index contributed by atoms with van der Waals surface area (Å²) < 4.78 is 17.1. The second-order valence-corrected chi connectivity index (χ2v) is 8.49. The van der Waals surface area contributed by atoms with Crippen molar-refractivity contribution in [3.63, 3.8) is 0 Å². The number of pyridine rings is 1. The number of aryl methyl sites for hydroxylation is 2. The number of aromatic nitrogens is 3. The van der Waals surface area contributed by atoms with E-state index in [0.29, 0.717) is 16.8 Å². The van der Waals surface area contributed by atoms with Crippen molar-refractivity contribution < 1.29 is 14.6 Å². The van der Waals surface area contributed by atoms with Crippen LogP contribution in [0.4, 0.5) is 21.5 Å². The molecule has 0 aliphatic rings. The fraction of sp³-hybridized carbons (Fsp3) is 0.296. The van der Waals surface area contributed by atoms with Crippen molar-refractivity contribution in [2.45, 2.75) is 40.3 Å². The van der Waals surface area contributed by atoms with E-state index in [0.717, 1.165) is 4.68 Å². The van der Waals surface area contributed by atoms with Gasteiger partial charge in [0.25, 0.3) is 11.1 Å². The van der Waals surface area contributed by atoms with Crippen molar-refractivity contribution in [3.05, 3.63) is 80.1 Å². The van der Waals surface area contributed by atoms with Crippen LogP contribution in [-0.4, -0.2) is 37.3 Å². The van der Waals surface area contributed by atoms with Crippen molar-refractivity contribution in [2.75, 3.05) is 17.7 Å². The van der Waals surface area contributed by atoms with E-state index >= 15 is 0 Å². The van der Waals surface area contributed by atoms with Crippen LogP contribution in [0.5, 0.6) is 0 Å². The van der Waals surface area contributed by atoms with Gasteiger partial charge in [0.2, 0.25) is 0 Å². The molecule has 2 aromatic carbocycles. The minimum Gasteiger partial charge on any atom is -0.399 e. The standard InChI is InChI=1S/C25H26FN5O4.C2H6/c1-13-7-8-19(18(26)9-13)28-21-14(2)24(34)30(3)23-20(21)25(35)31(11-17(33)12-32)29-22(23)15-5-4-6-16(27)10-15;1-2/h4-10,17,28,32-33H,11-12,27H2,1-3H3;1-2H3. The SMILES string of the molecule is CC.Cc1ccc(Nc2c(C)c(=O)n(C)c3c(-c4cccc(N)c4)nn(CC(O)CO)c(=O)c23)c(F)c1. The largest absolute Gasteiger partial charge is 0.399 e. The zero-order valence-electron chi connectivity index (χ0n) is 21.5. The van der Waals surface area contributed by atoms with Gasteiger partial charge in [-0.3, -0.25) is 9.59 Å². The summed E-state index contributed by atoms with van der Waals surface area (Å²) in [5.74, 6) is -0.542. The van der Waals surface area contributed by atoms with E-state index in [2.05, 4.69) is 10.4 Å². The minimum atomic E-state index is -1.24. The Morgan fingerprint density at radius 3 is 2.43 bits per heavy atom. The highest BCUT2D eigenvalue weighted by Crippen LogP contribution is 2.32. The highest BCUT2D eigenvalue weighted by atomic mass is 19.1. The molecule has 196 valence electrons. The third-order valence-electron chi connectivity index (χ3n) is 5.85. The van der Waals surface area contributed by atoms with Crippen LogP contribution in [-0.2, 0) is 13.6 Å². The number of aliphatic hydroxyl groups excluding tert-OH is 2. The lowest BCUT2D eigenvalue weighted by Crippen LogP contribution is -2.33.